The molecular formula is C26H36FN3O. The Morgan fingerprint density at radius 2 is 1.77 bits per heavy atom. The Bertz CT molecular complexity index is 971. The van der Waals surface area contributed by atoms with E-state index in [9.17, 15) is 9.18 Å². The molecule has 0 spiro atoms. The summed E-state index contributed by atoms with van der Waals surface area (Å²) in [6.45, 7) is 16.0. The van der Waals surface area contributed by atoms with Crippen LogP contribution in [0.2, 0.25) is 0 Å². The first-order valence-corrected chi connectivity index (χ1v) is 10.8. The molecule has 1 amide bonds. The van der Waals surface area contributed by atoms with Crippen LogP contribution in [0.3, 0.4) is 0 Å². The van der Waals surface area contributed by atoms with E-state index in [0.29, 0.717) is 34.0 Å². The monoisotopic (exact) mass is 425 g/mol. The Kier molecular flexibility index (Phi) is 7.63. The molecular weight excluding hydrogens is 389 g/mol. The predicted molar refractivity (Wildman–Crippen MR) is 127 cm³/mol. The molecule has 2 rings (SSSR count). The third-order valence-electron chi connectivity index (χ3n) is 4.95. The molecule has 0 fully saturated rings. The number of hydrogen-bond acceptors (Lipinski definition) is 3. The third kappa shape index (κ3) is 6.65. The zero-order valence-corrected chi connectivity index (χ0v) is 20.3. The second-order valence-corrected chi connectivity index (χ2v) is 9.79. The van der Waals surface area contributed by atoms with Crippen molar-refractivity contribution in [3.8, 4) is 11.3 Å². The van der Waals surface area contributed by atoms with Gasteiger partial charge >= 0.3 is 0 Å². The zero-order valence-electron chi connectivity index (χ0n) is 20.3. The van der Waals surface area contributed by atoms with Gasteiger partial charge in [-0.1, -0.05) is 32.1 Å². The summed E-state index contributed by atoms with van der Waals surface area (Å²) in [7, 11) is 2.02. The van der Waals surface area contributed by atoms with Gasteiger partial charge in [-0.25, -0.2) is 9.37 Å². The minimum atomic E-state index is -0.373. The number of hydrogen-bond donors (Lipinski definition) is 1. The first-order chi connectivity index (χ1) is 14.3. The molecule has 0 aliphatic carbocycles. The highest BCUT2D eigenvalue weighted by Gasteiger charge is 2.20. The topological polar surface area (TPSA) is 45.2 Å². The van der Waals surface area contributed by atoms with Crippen LogP contribution in [-0.2, 0) is 0 Å². The van der Waals surface area contributed by atoms with E-state index in [-0.39, 0.29) is 23.3 Å². The van der Waals surface area contributed by atoms with E-state index in [2.05, 4.69) is 44.0 Å². The third-order valence-corrected chi connectivity index (χ3v) is 4.95. The molecule has 1 heterocycles. The fraction of sp³-hybridized carbons (Fsp3) is 0.462. The summed E-state index contributed by atoms with van der Waals surface area (Å²) >= 11 is 0. The summed E-state index contributed by atoms with van der Waals surface area (Å²) in [5, 5.41) is 3.02. The quantitative estimate of drug-likeness (QED) is 0.612. The van der Waals surface area contributed by atoms with Gasteiger partial charge in [-0.15, -0.1) is 0 Å². The van der Waals surface area contributed by atoms with Crippen LogP contribution in [0.4, 0.5) is 4.39 Å². The average molecular weight is 426 g/mol. The van der Waals surface area contributed by atoms with Crippen molar-refractivity contribution in [3.63, 3.8) is 0 Å². The molecule has 5 heteroatoms. The van der Waals surface area contributed by atoms with Crippen molar-refractivity contribution >= 4 is 11.6 Å². The molecule has 2 aromatic rings. The van der Waals surface area contributed by atoms with Crippen LogP contribution >= 0.6 is 0 Å². The van der Waals surface area contributed by atoms with E-state index in [4.69, 9.17) is 4.98 Å². The van der Waals surface area contributed by atoms with Crippen LogP contribution in [-0.4, -0.2) is 34.4 Å². The van der Waals surface area contributed by atoms with Crippen LogP contribution in [0, 0.1) is 18.7 Å². The number of pyridine rings is 1. The molecule has 1 aromatic carbocycles. The molecule has 0 atom stereocenters. The Balaban J connectivity index is 2.72. The molecule has 0 saturated carbocycles. The SMILES string of the molecule is Cc1ccc(-c2cc(C(=O)NC(C)(C)C)cc(/C(=C/C(C)C)N(C)C(C)C)n2)cc1F. The summed E-state index contributed by atoms with van der Waals surface area (Å²) in [6, 6.07) is 8.86. The number of carbonyl (C=O) groups is 1. The largest absolute Gasteiger partial charge is 0.371 e. The van der Waals surface area contributed by atoms with E-state index < -0.39 is 0 Å². The van der Waals surface area contributed by atoms with Gasteiger partial charge < -0.3 is 10.2 Å². The fourth-order valence-corrected chi connectivity index (χ4v) is 3.08. The Morgan fingerprint density at radius 1 is 1.13 bits per heavy atom. The Labute approximate surface area is 186 Å². The van der Waals surface area contributed by atoms with E-state index >= 15 is 0 Å². The van der Waals surface area contributed by atoms with Crippen molar-refractivity contribution in [2.45, 2.75) is 67.0 Å². The number of benzene rings is 1. The van der Waals surface area contributed by atoms with Gasteiger partial charge in [0.2, 0.25) is 0 Å². The predicted octanol–water partition coefficient (Wildman–Crippen LogP) is 6.06. The maximum Gasteiger partial charge on any atom is 0.251 e. The molecule has 1 aromatic heterocycles. The van der Waals surface area contributed by atoms with Gasteiger partial charge in [0.15, 0.2) is 0 Å². The molecule has 31 heavy (non-hydrogen) atoms. The number of aryl methyl sites for hydroxylation is 1. The molecule has 0 unspecified atom stereocenters. The van der Waals surface area contributed by atoms with Crippen molar-refractivity contribution < 1.29 is 9.18 Å². The Hall–Kier alpha value is -2.69. The van der Waals surface area contributed by atoms with Crippen molar-refractivity contribution in [1.82, 2.24) is 15.2 Å². The van der Waals surface area contributed by atoms with E-state index in [1.807, 2.05) is 40.0 Å². The first kappa shape index (κ1) is 24.6. The highest BCUT2D eigenvalue weighted by Crippen LogP contribution is 2.27. The molecule has 168 valence electrons. The van der Waals surface area contributed by atoms with E-state index in [0.717, 1.165) is 5.70 Å². The van der Waals surface area contributed by atoms with Gasteiger partial charge in [-0.3, -0.25) is 4.79 Å². The van der Waals surface area contributed by atoms with E-state index in [1.54, 1.807) is 19.1 Å². The van der Waals surface area contributed by atoms with Crippen molar-refractivity contribution in [1.29, 1.82) is 0 Å². The van der Waals surface area contributed by atoms with Crippen LogP contribution in [0.5, 0.6) is 0 Å². The minimum absolute atomic E-state index is 0.180. The highest BCUT2D eigenvalue weighted by atomic mass is 19.1. The smallest absolute Gasteiger partial charge is 0.251 e. The standard InChI is InChI=1S/C26H36FN3O/c1-16(2)12-24(30(9)17(3)4)23-15-20(25(31)29-26(6,7)8)14-22(28-23)19-11-10-18(5)21(27)13-19/h10-17H,1-9H3,(H,29,31)/b24-12-. The number of nitrogens with one attached hydrogen (secondary N) is 1. The highest BCUT2D eigenvalue weighted by molar-refractivity contribution is 5.96. The van der Waals surface area contributed by atoms with Crippen LogP contribution in [0.25, 0.3) is 17.0 Å². The second-order valence-electron chi connectivity index (χ2n) is 9.79. The summed E-state index contributed by atoms with van der Waals surface area (Å²) in [4.78, 5) is 20.0. The number of allylic oxidation sites excluding steroid dienone is 1. The lowest BCUT2D eigenvalue weighted by Gasteiger charge is -2.28. The molecule has 0 saturated heterocycles. The average Bonchev–Trinajstić information content (AvgIpc) is 2.65. The number of carbonyl (C=O) groups excluding carboxylic acids is 1. The lowest BCUT2D eigenvalue weighted by atomic mass is 10.0. The molecule has 4 nitrogen and oxygen atoms in total. The number of nitrogens with zero attached hydrogens (tertiary/aromatic N) is 2. The van der Waals surface area contributed by atoms with Gasteiger partial charge in [0, 0.05) is 29.8 Å². The maximum absolute atomic E-state index is 14.3. The van der Waals surface area contributed by atoms with Gasteiger partial charge in [-0.05, 0) is 71.2 Å². The summed E-state index contributed by atoms with van der Waals surface area (Å²) < 4.78 is 14.3. The van der Waals surface area contributed by atoms with Gasteiger partial charge in [0.25, 0.3) is 5.91 Å². The van der Waals surface area contributed by atoms with Gasteiger partial charge in [0.1, 0.15) is 5.82 Å². The lowest BCUT2D eigenvalue weighted by molar-refractivity contribution is 0.0919. The van der Waals surface area contributed by atoms with Crippen molar-refractivity contribution in [3.05, 3.63) is 59.0 Å². The van der Waals surface area contributed by atoms with Crippen molar-refractivity contribution in [2.24, 2.45) is 5.92 Å². The number of aromatic nitrogens is 1. The molecule has 0 bridgehead atoms. The summed E-state index contributed by atoms with van der Waals surface area (Å²) in [5.74, 6) is -0.172. The summed E-state index contributed by atoms with van der Waals surface area (Å²) in [5.41, 5.74) is 3.56. The molecule has 0 aliphatic rings. The number of halogens is 1. The fourth-order valence-electron chi connectivity index (χ4n) is 3.08. The van der Waals surface area contributed by atoms with E-state index in [1.165, 1.54) is 6.07 Å². The number of amides is 1. The van der Waals surface area contributed by atoms with Gasteiger partial charge in [0.05, 0.1) is 17.1 Å². The number of rotatable bonds is 6. The normalized spacial score (nSPS) is 12.5. The van der Waals surface area contributed by atoms with Crippen LogP contribution in [0.1, 0.15) is 70.1 Å². The minimum Gasteiger partial charge on any atom is -0.371 e. The van der Waals surface area contributed by atoms with Crippen molar-refractivity contribution in [2.75, 3.05) is 7.05 Å². The van der Waals surface area contributed by atoms with Crippen LogP contribution < -0.4 is 5.32 Å². The van der Waals surface area contributed by atoms with Gasteiger partial charge in [-0.2, -0.15) is 0 Å². The summed E-state index contributed by atoms with van der Waals surface area (Å²) in [6.07, 6.45) is 2.15. The maximum atomic E-state index is 14.3. The lowest BCUT2D eigenvalue weighted by Crippen LogP contribution is -2.40. The van der Waals surface area contributed by atoms with Crippen LogP contribution in [0.15, 0.2) is 36.4 Å². The molecule has 0 radical (unpaired) electrons. The second kappa shape index (κ2) is 9.63. The Morgan fingerprint density at radius 3 is 2.29 bits per heavy atom. The first-order valence-electron chi connectivity index (χ1n) is 10.8. The molecule has 1 N–H and O–H groups in total. The zero-order chi connectivity index (χ0) is 23.5. The molecule has 0 aliphatic heterocycles.